The molecule has 2 rings (SSSR count). The number of hydrogen-bond donors (Lipinski definition) is 2. The Morgan fingerprint density at radius 1 is 1.30 bits per heavy atom. The van der Waals surface area contributed by atoms with Crippen molar-refractivity contribution in [1.82, 2.24) is 9.71 Å². The maximum absolute atomic E-state index is 12.2. The van der Waals surface area contributed by atoms with Crippen LogP contribution in [0.25, 0.3) is 0 Å². The molecule has 0 radical (unpaired) electrons. The highest BCUT2D eigenvalue weighted by atomic mass is 32.2. The molecule has 0 aliphatic heterocycles. The maximum atomic E-state index is 12.2. The van der Waals surface area contributed by atoms with E-state index in [0.29, 0.717) is 12.4 Å². The highest BCUT2D eigenvalue weighted by molar-refractivity contribution is 7.89. The zero-order chi connectivity index (χ0) is 14.6. The van der Waals surface area contributed by atoms with Gasteiger partial charge in [0, 0.05) is 18.9 Å². The molecule has 6 heteroatoms. The summed E-state index contributed by atoms with van der Waals surface area (Å²) in [6, 6.07) is 6.68. The van der Waals surface area contributed by atoms with Crippen molar-refractivity contribution in [3.8, 4) is 5.75 Å². The van der Waals surface area contributed by atoms with Crippen molar-refractivity contribution in [2.45, 2.75) is 25.3 Å². The summed E-state index contributed by atoms with van der Waals surface area (Å²) in [5, 5.41) is 0. The number of hydrogen-bond acceptors (Lipinski definition) is 3. The second-order valence-corrected chi connectivity index (χ2v) is 6.17. The molecule has 2 N–H and O–H groups in total. The second kappa shape index (κ2) is 6.11. The lowest BCUT2D eigenvalue weighted by molar-refractivity contribution is 0.337. The predicted octanol–water partition coefficient (Wildman–Crippen LogP) is 2.20. The lowest BCUT2D eigenvalue weighted by atomic mass is 10.2. The van der Waals surface area contributed by atoms with E-state index in [2.05, 4.69) is 9.71 Å². The Bertz CT molecular complexity index is 664. The Morgan fingerprint density at radius 2 is 2.10 bits per heavy atom. The van der Waals surface area contributed by atoms with Crippen LogP contribution in [0.2, 0.25) is 0 Å². The van der Waals surface area contributed by atoms with Crippen LogP contribution in [0.4, 0.5) is 0 Å². The number of H-pyrrole nitrogens is 1. The number of aromatic nitrogens is 1. The van der Waals surface area contributed by atoms with Gasteiger partial charge in [-0.1, -0.05) is 0 Å². The Morgan fingerprint density at radius 3 is 2.70 bits per heavy atom. The average Bonchev–Trinajstić information content (AvgIpc) is 2.92. The minimum atomic E-state index is -3.51. The van der Waals surface area contributed by atoms with Gasteiger partial charge in [-0.2, -0.15) is 0 Å². The number of aromatic amines is 1. The summed E-state index contributed by atoms with van der Waals surface area (Å²) in [4.78, 5) is 3.13. The molecule has 1 aromatic heterocycles. The molecule has 0 unspecified atom stereocenters. The van der Waals surface area contributed by atoms with Crippen LogP contribution in [0.3, 0.4) is 0 Å². The number of nitrogens with one attached hydrogen (secondary N) is 2. The summed E-state index contributed by atoms with van der Waals surface area (Å²) in [5.41, 5.74) is 1.69. The second-order valence-electron chi connectivity index (χ2n) is 4.40. The van der Waals surface area contributed by atoms with Gasteiger partial charge in [-0.15, -0.1) is 0 Å². The SMILES string of the molecule is CCOc1ccc(S(=O)(=O)NCc2cc[nH]c2)cc1C. The monoisotopic (exact) mass is 294 g/mol. The molecule has 0 aliphatic rings. The quantitative estimate of drug-likeness (QED) is 0.858. The zero-order valence-corrected chi connectivity index (χ0v) is 12.3. The van der Waals surface area contributed by atoms with Crippen LogP contribution >= 0.6 is 0 Å². The first-order valence-corrected chi connectivity index (χ1v) is 7.86. The van der Waals surface area contributed by atoms with E-state index in [1.165, 1.54) is 0 Å². The third-order valence-corrected chi connectivity index (χ3v) is 4.28. The van der Waals surface area contributed by atoms with E-state index in [0.717, 1.165) is 11.1 Å². The third-order valence-electron chi connectivity index (χ3n) is 2.89. The molecular weight excluding hydrogens is 276 g/mol. The lowest BCUT2D eigenvalue weighted by Gasteiger charge is -2.10. The number of aryl methyl sites for hydroxylation is 1. The Labute approximate surface area is 119 Å². The zero-order valence-electron chi connectivity index (χ0n) is 11.5. The van der Waals surface area contributed by atoms with Gasteiger partial charge in [0.1, 0.15) is 5.75 Å². The van der Waals surface area contributed by atoms with Gasteiger partial charge in [-0.05, 0) is 49.2 Å². The van der Waals surface area contributed by atoms with E-state index in [-0.39, 0.29) is 11.4 Å². The summed E-state index contributed by atoms with van der Waals surface area (Å²) in [5.74, 6) is 0.706. The van der Waals surface area contributed by atoms with E-state index in [1.54, 1.807) is 30.6 Å². The Balaban J connectivity index is 2.14. The van der Waals surface area contributed by atoms with Crippen LogP contribution in [0.5, 0.6) is 5.75 Å². The highest BCUT2D eigenvalue weighted by Gasteiger charge is 2.15. The summed E-state index contributed by atoms with van der Waals surface area (Å²) >= 11 is 0. The van der Waals surface area contributed by atoms with E-state index in [1.807, 2.05) is 19.9 Å². The molecule has 1 aromatic carbocycles. The predicted molar refractivity (Wildman–Crippen MR) is 77.2 cm³/mol. The molecule has 0 saturated heterocycles. The van der Waals surface area contributed by atoms with Crippen LogP contribution in [0.15, 0.2) is 41.6 Å². The van der Waals surface area contributed by atoms with Gasteiger partial charge in [0.05, 0.1) is 11.5 Å². The molecular formula is C14H18N2O3S. The van der Waals surface area contributed by atoms with Gasteiger partial charge in [-0.3, -0.25) is 0 Å². The van der Waals surface area contributed by atoms with Crippen LogP contribution in [-0.2, 0) is 16.6 Å². The molecule has 108 valence electrons. The fraction of sp³-hybridized carbons (Fsp3) is 0.286. The van der Waals surface area contributed by atoms with Gasteiger partial charge >= 0.3 is 0 Å². The van der Waals surface area contributed by atoms with Crippen LogP contribution in [-0.4, -0.2) is 20.0 Å². The van der Waals surface area contributed by atoms with Gasteiger partial charge in [0.2, 0.25) is 10.0 Å². The fourth-order valence-corrected chi connectivity index (χ4v) is 2.94. The molecule has 0 fully saturated rings. The number of ether oxygens (including phenoxy) is 1. The highest BCUT2D eigenvalue weighted by Crippen LogP contribution is 2.21. The summed E-state index contributed by atoms with van der Waals surface area (Å²) < 4.78 is 32.3. The van der Waals surface area contributed by atoms with Gasteiger partial charge in [0.25, 0.3) is 0 Å². The fourth-order valence-electron chi connectivity index (χ4n) is 1.84. The minimum absolute atomic E-state index is 0.244. The van der Waals surface area contributed by atoms with Gasteiger partial charge in [0.15, 0.2) is 0 Å². The minimum Gasteiger partial charge on any atom is -0.494 e. The molecule has 2 aromatic rings. The van der Waals surface area contributed by atoms with Gasteiger partial charge in [-0.25, -0.2) is 13.1 Å². The molecule has 0 spiro atoms. The number of sulfonamides is 1. The van der Waals surface area contributed by atoms with Gasteiger partial charge < -0.3 is 9.72 Å². The summed E-state index contributed by atoms with van der Waals surface area (Å²) in [6.45, 7) is 4.54. The topological polar surface area (TPSA) is 71.2 Å². The molecule has 0 bridgehead atoms. The van der Waals surface area contributed by atoms with Crippen molar-refractivity contribution in [3.05, 3.63) is 47.8 Å². The molecule has 1 heterocycles. The van der Waals surface area contributed by atoms with Crippen molar-refractivity contribution in [2.24, 2.45) is 0 Å². The third kappa shape index (κ3) is 3.40. The normalized spacial score (nSPS) is 11.5. The van der Waals surface area contributed by atoms with E-state index >= 15 is 0 Å². The Hall–Kier alpha value is -1.79. The van der Waals surface area contributed by atoms with Crippen molar-refractivity contribution in [3.63, 3.8) is 0 Å². The van der Waals surface area contributed by atoms with Crippen molar-refractivity contribution >= 4 is 10.0 Å². The smallest absolute Gasteiger partial charge is 0.240 e. The van der Waals surface area contributed by atoms with E-state index in [9.17, 15) is 8.42 Å². The molecule has 0 aliphatic carbocycles. The molecule has 5 nitrogen and oxygen atoms in total. The molecule has 0 atom stereocenters. The van der Waals surface area contributed by atoms with E-state index < -0.39 is 10.0 Å². The summed E-state index contributed by atoms with van der Waals surface area (Å²) in [6.07, 6.45) is 3.51. The number of benzene rings is 1. The molecule has 20 heavy (non-hydrogen) atoms. The first kappa shape index (κ1) is 14.6. The first-order valence-electron chi connectivity index (χ1n) is 6.37. The van der Waals surface area contributed by atoms with Crippen LogP contribution in [0, 0.1) is 6.92 Å². The van der Waals surface area contributed by atoms with Crippen LogP contribution < -0.4 is 9.46 Å². The van der Waals surface area contributed by atoms with Crippen LogP contribution in [0.1, 0.15) is 18.1 Å². The molecule has 0 saturated carbocycles. The molecule has 0 amide bonds. The Kier molecular flexibility index (Phi) is 4.46. The standard InChI is InChI=1S/C14H18N2O3S/c1-3-19-14-5-4-13(8-11(14)2)20(17,18)16-10-12-6-7-15-9-12/h4-9,15-16H,3,10H2,1-2H3. The average molecular weight is 294 g/mol. The van der Waals surface area contributed by atoms with Crippen molar-refractivity contribution < 1.29 is 13.2 Å². The van der Waals surface area contributed by atoms with E-state index in [4.69, 9.17) is 4.74 Å². The van der Waals surface area contributed by atoms with Crippen molar-refractivity contribution in [2.75, 3.05) is 6.61 Å². The maximum Gasteiger partial charge on any atom is 0.240 e. The largest absolute Gasteiger partial charge is 0.494 e. The summed E-state index contributed by atoms with van der Waals surface area (Å²) in [7, 11) is -3.51. The lowest BCUT2D eigenvalue weighted by Crippen LogP contribution is -2.23. The first-order chi connectivity index (χ1) is 9.53. The number of rotatable bonds is 6. The van der Waals surface area contributed by atoms with Crippen molar-refractivity contribution in [1.29, 1.82) is 0 Å².